The summed E-state index contributed by atoms with van der Waals surface area (Å²) in [6.07, 6.45) is 0. The summed E-state index contributed by atoms with van der Waals surface area (Å²) in [7, 11) is -2.79. The van der Waals surface area contributed by atoms with E-state index in [1.807, 2.05) is 0 Å². The maximum absolute atomic E-state index is 2.79. The highest BCUT2D eigenvalue weighted by Crippen LogP contribution is 2.39. The third-order valence-electron chi connectivity index (χ3n) is 11.9. The third kappa shape index (κ3) is 5.00. The van der Waals surface area contributed by atoms with Gasteiger partial charge in [-0.05, 0) is 102 Å². The summed E-state index contributed by atoms with van der Waals surface area (Å²) in [5.74, 6) is 0. The van der Waals surface area contributed by atoms with Crippen LogP contribution >= 0.6 is 0 Å². The van der Waals surface area contributed by atoms with E-state index in [1.54, 1.807) is 0 Å². The molecular formula is C54H37NSi. The van der Waals surface area contributed by atoms with Gasteiger partial charge in [0.2, 0.25) is 0 Å². The largest absolute Gasteiger partial charge is 0.309 e. The zero-order valence-electron chi connectivity index (χ0n) is 30.8. The molecular weight excluding hydrogens is 691 g/mol. The maximum atomic E-state index is 2.54. The van der Waals surface area contributed by atoms with Crippen LogP contribution in [0.25, 0.3) is 72.0 Å². The number of aromatic nitrogens is 1. The predicted octanol–water partition coefficient (Wildman–Crippen LogP) is 11.1. The van der Waals surface area contributed by atoms with Crippen LogP contribution in [-0.4, -0.2) is 12.6 Å². The molecule has 0 spiro atoms. The summed E-state index contributed by atoms with van der Waals surface area (Å²) < 4.78 is 2.50. The zero-order chi connectivity index (χ0) is 37.1. The van der Waals surface area contributed by atoms with E-state index in [0.717, 1.165) is 0 Å². The van der Waals surface area contributed by atoms with Gasteiger partial charge in [-0.25, -0.2) is 0 Å². The molecule has 56 heavy (non-hydrogen) atoms. The first-order valence-electron chi connectivity index (χ1n) is 19.4. The summed E-state index contributed by atoms with van der Waals surface area (Å²) in [5, 5.41) is 8.19. The van der Waals surface area contributed by atoms with E-state index in [4.69, 9.17) is 0 Å². The SMILES string of the molecule is c1ccc(-c2ccc3c(c2)[Si](c2ccccc2)(c2ccccc2)c2cc(-n4c5ccc(-c6ccccc6)cc5c5cc(-c6ccccc6)ccc54)ccc2-3)cc1. The van der Waals surface area contributed by atoms with Gasteiger partial charge in [0.15, 0.2) is 8.07 Å². The highest BCUT2D eigenvalue weighted by molar-refractivity contribution is 7.22. The average molecular weight is 728 g/mol. The minimum absolute atomic E-state index is 1.18. The van der Waals surface area contributed by atoms with E-state index in [0.29, 0.717) is 0 Å². The van der Waals surface area contributed by atoms with Crippen molar-refractivity contribution in [2.75, 3.05) is 0 Å². The molecule has 0 atom stereocenters. The first-order valence-corrected chi connectivity index (χ1v) is 21.4. The monoisotopic (exact) mass is 727 g/mol. The number of hydrogen-bond acceptors (Lipinski definition) is 0. The van der Waals surface area contributed by atoms with Gasteiger partial charge < -0.3 is 4.57 Å². The number of rotatable bonds is 6. The maximum Gasteiger partial charge on any atom is 0.180 e. The first-order chi connectivity index (χ1) is 27.8. The summed E-state index contributed by atoms with van der Waals surface area (Å²) in [6.45, 7) is 0. The quantitative estimate of drug-likeness (QED) is 0.150. The second-order valence-corrected chi connectivity index (χ2v) is 18.6. The van der Waals surface area contributed by atoms with E-state index in [2.05, 4.69) is 229 Å². The van der Waals surface area contributed by atoms with Crippen molar-refractivity contribution in [3.63, 3.8) is 0 Å². The van der Waals surface area contributed by atoms with Gasteiger partial charge in [0.1, 0.15) is 0 Å². The molecule has 0 amide bonds. The molecule has 262 valence electrons. The van der Waals surface area contributed by atoms with Crippen LogP contribution in [0, 0.1) is 0 Å². The Labute approximate surface area is 328 Å². The topological polar surface area (TPSA) is 4.93 Å². The summed E-state index contributed by atoms with van der Waals surface area (Å²) in [5.41, 5.74) is 13.7. The number of fused-ring (bicyclic) bond motifs is 6. The molecule has 10 aromatic rings. The Morgan fingerprint density at radius 1 is 0.286 bits per heavy atom. The van der Waals surface area contributed by atoms with Crippen molar-refractivity contribution in [1.82, 2.24) is 4.57 Å². The Kier molecular flexibility index (Phi) is 7.58. The molecule has 1 aliphatic heterocycles. The van der Waals surface area contributed by atoms with Crippen LogP contribution in [0.2, 0.25) is 0 Å². The summed E-state index contributed by atoms with van der Waals surface area (Å²) >= 11 is 0. The van der Waals surface area contributed by atoms with Crippen molar-refractivity contribution in [3.05, 3.63) is 224 Å². The molecule has 0 fully saturated rings. The lowest BCUT2D eigenvalue weighted by Gasteiger charge is -2.32. The van der Waals surface area contributed by atoms with E-state index >= 15 is 0 Å². The second-order valence-electron chi connectivity index (χ2n) is 14.9. The fraction of sp³-hybridized carbons (Fsp3) is 0. The number of benzene rings is 9. The number of nitrogens with zero attached hydrogens (tertiary/aromatic N) is 1. The minimum atomic E-state index is -2.79. The lowest BCUT2D eigenvalue weighted by molar-refractivity contribution is 1.18. The molecule has 0 unspecified atom stereocenters. The number of hydrogen-bond donors (Lipinski definition) is 0. The molecule has 1 nitrogen and oxygen atoms in total. The normalized spacial score (nSPS) is 12.8. The second kappa shape index (κ2) is 13.1. The van der Waals surface area contributed by atoms with Gasteiger partial charge in [-0.2, -0.15) is 0 Å². The Balaban J connectivity index is 1.20. The zero-order valence-corrected chi connectivity index (χ0v) is 31.8. The van der Waals surface area contributed by atoms with Gasteiger partial charge in [0.05, 0.1) is 11.0 Å². The highest BCUT2D eigenvalue weighted by Gasteiger charge is 2.49. The smallest absolute Gasteiger partial charge is 0.180 e. The molecule has 1 aliphatic rings. The van der Waals surface area contributed by atoms with Crippen LogP contribution < -0.4 is 20.7 Å². The summed E-state index contributed by atoms with van der Waals surface area (Å²) in [6, 6.07) is 83.5. The fourth-order valence-electron chi connectivity index (χ4n) is 9.35. The lowest BCUT2D eigenvalue weighted by atomic mass is 10.0. The van der Waals surface area contributed by atoms with Crippen molar-refractivity contribution in [1.29, 1.82) is 0 Å². The molecule has 0 bridgehead atoms. The standard InChI is InChI=1S/C54H37NSi/c1-6-16-38(17-7-1)41-27-32-51-49(34-41)50-35-42(39-18-8-2-9-19-39)28-33-52(50)55(51)44-29-31-48-47-30-26-43(40-20-10-3-11-21-40)36-53(47)56(54(48)37-44,45-22-12-4-13-23-45)46-24-14-5-15-25-46/h1-37H. The van der Waals surface area contributed by atoms with Gasteiger partial charge in [-0.15, -0.1) is 0 Å². The Hall–Kier alpha value is -7.00. The van der Waals surface area contributed by atoms with E-state index in [1.165, 1.54) is 92.7 Å². The first kappa shape index (κ1) is 32.4. The van der Waals surface area contributed by atoms with E-state index in [9.17, 15) is 0 Å². The van der Waals surface area contributed by atoms with Crippen LogP contribution in [0.3, 0.4) is 0 Å². The van der Waals surface area contributed by atoms with Crippen molar-refractivity contribution in [2.24, 2.45) is 0 Å². The van der Waals surface area contributed by atoms with Crippen LogP contribution in [0.5, 0.6) is 0 Å². The molecule has 2 heteroatoms. The van der Waals surface area contributed by atoms with Crippen molar-refractivity contribution >= 4 is 50.6 Å². The molecule has 11 rings (SSSR count). The average Bonchev–Trinajstić information content (AvgIpc) is 3.77. The molecule has 0 aliphatic carbocycles. The fourth-order valence-corrected chi connectivity index (χ4v) is 14.6. The Bertz CT molecular complexity index is 2910. The highest BCUT2D eigenvalue weighted by atomic mass is 28.3. The minimum Gasteiger partial charge on any atom is -0.309 e. The molecule has 0 N–H and O–H groups in total. The van der Waals surface area contributed by atoms with Gasteiger partial charge in [0, 0.05) is 16.5 Å². The summed E-state index contributed by atoms with van der Waals surface area (Å²) in [4.78, 5) is 0. The van der Waals surface area contributed by atoms with Gasteiger partial charge >= 0.3 is 0 Å². The van der Waals surface area contributed by atoms with Gasteiger partial charge in [-0.3, -0.25) is 0 Å². The lowest BCUT2D eigenvalue weighted by Crippen LogP contribution is -2.72. The van der Waals surface area contributed by atoms with E-state index < -0.39 is 8.07 Å². The van der Waals surface area contributed by atoms with Gasteiger partial charge in [-0.1, -0.05) is 188 Å². The molecule has 9 aromatic carbocycles. The van der Waals surface area contributed by atoms with Crippen molar-refractivity contribution in [2.45, 2.75) is 0 Å². The van der Waals surface area contributed by atoms with E-state index in [-0.39, 0.29) is 0 Å². The third-order valence-corrected chi connectivity index (χ3v) is 16.7. The van der Waals surface area contributed by atoms with Crippen LogP contribution in [0.1, 0.15) is 0 Å². The van der Waals surface area contributed by atoms with Gasteiger partial charge in [0.25, 0.3) is 0 Å². The molecule has 2 heterocycles. The molecule has 0 saturated heterocycles. The van der Waals surface area contributed by atoms with Crippen molar-refractivity contribution < 1.29 is 0 Å². The Morgan fingerprint density at radius 3 is 1.12 bits per heavy atom. The molecule has 0 radical (unpaired) electrons. The van der Waals surface area contributed by atoms with Crippen LogP contribution in [0.15, 0.2) is 224 Å². The molecule has 0 saturated carbocycles. The van der Waals surface area contributed by atoms with Crippen LogP contribution in [0.4, 0.5) is 0 Å². The molecule has 1 aromatic heterocycles. The van der Waals surface area contributed by atoms with Crippen LogP contribution in [-0.2, 0) is 0 Å². The van der Waals surface area contributed by atoms with Crippen molar-refractivity contribution in [3.8, 4) is 50.2 Å². The Morgan fingerprint density at radius 2 is 0.661 bits per heavy atom. The predicted molar refractivity (Wildman–Crippen MR) is 240 cm³/mol.